The molecule has 116 valence electrons. The third-order valence-electron chi connectivity index (χ3n) is 3.62. The van der Waals surface area contributed by atoms with Crippen molar-refractivity contribution in [2.24, 2.45) is 0 Å². The summed E-state index contributed by atoms with van der Waals surface area (Å²) in [5.74, 6) is 0. The third-order valence-corrected chi connectivity index (χ3v) is 4.75. The normalized spacial score (nSPS) is 15.9. The minimum absolute atomic E-state index is 0.146. The van der Waals surface area contributed by atoms with Crippen LogP contribution in [-0.2, 0) is 23.6 Å². The number of hydrogen-bond donors (Lipinski definition) is 3. The summed E-state index contributed by atoms with van der Waals surface area (Å²) < 4.78 is 5.35. The number of nitrogens with one attached hydrogen (secondary N) is 2. The van der Waals surface area contributed by atoms with Crippen LogP contribution >= 0.6 is 11.3 Å². The highest BCUT2D eigenvalue weighted by Crippen LogP contribution is 2.25. The third kappa shape index (κ3) is 3.30. The predicted molar refractivity (Wildman–Crippen MR) is 85.8 cm³/mol. The molecular formula is C16H18N2O3S. The molecule has 0 saturated carbocycles. The van der Waals surface area contributed by atoms with Crippen LogP contribution in [0.1, 0.15) is 22.9 Å². The molecule has 0 spiro atoms. The van der Waals surface area contributed by atoms with Crippen molar-refractivity contribution in [1.29, 1.82) is 0 Å². The first kappa shape index (κ1) is 15.0. The number of rotatable bonds is 4. The van der Waals surface area contributed by atoms with Gasteiger partial charge in [0.05, 0.1) is 19.8 Å². The Labute approximate surface area is 132 Å². The maximum absolute atomic E-state index is 12.0. The first-order valence-corrected chi connectivity index (χ1v) is 7.93. The maximum atomic E-state index is 12.0. The van der Waals surface area contributed by atoms with E-state index >= 15 is 0 Å². The van der Waals surface area contributed by atoms with Gasteiger partial charge in [-0.25, -0.2) is 4.79 Å². The molecule has 1 atom stereocenters. The van der Waals surface area contributed by atoms with Crippen LogP contribution in [0.5, 0.6) is 0 Å². The van der Waals surface area contributed by atoms with Crippen LogP contribution in [0.3, 0.4) is 0 Å². The number of amides is 2. The van der Waals surface area contributed by atoms with Crippen molar-refractivity contribution in [3.8, 4) is 0 Å². The number of ether oxygens (including phenoxy) is 1. The summed E-state index contributed by atoms with van der Waals surface area (Å²) in [6.45, 7) is 3.05. The van der Waals surface area contributed by atoms with E-state index in [0.29, 0.717) is 13.2 Å². The number of thiophene rings is 1. The molecule has 1 aliphatic rings. The van der Waals surface area contributed by atoms with E-state index in [0.717, 1.165) is 21.7 Å². The number of carbonyl (C=O) groups excluding carboxylic acids is 1. The Morgan fingerprint density at radius 2 is 2.18 bits per heavy atom. The fraction of sp³-hybridized carbons (Fsp3) is 0.312. The Morgan fingerprint density at radius 1 is 1.36 bits per heavy atom. The van der Waals surface area contributed by atoms with Gasteiger partial charge in [0.15, 0.2) is 0 Å². The number of urea groups is 1. The number of fused-ring (bicyclic) bond motifs is 1. The molecule has 6 heteroatoms. The zero-order valence-corrected chi connectivity index (χ0v) is 13.1. The van der Waals surface area contributed by atoms with Crippen LogP contribution in [0, 0.1) is 0 Å². The second-order valence-electron chi connectivity index (χ2n) is 5.54. The Kier molecular flexibility index (Phi) is 4.15. The molecule has 1 aromatic carbocycles. The van der Waals surface area contributed by atoms with Gasteiger partial charge in [-0.05, 0) is 41.6 Å². The largest absolute Gasteiger partial charge is 0.383 e. The van der Waals surface area contributed by atoms with Gasteiger partial charge in [0.1, 0.15) is 5.60 Å². The molecule has 3 rings (SSSR count). The molecule has 5 nitrogen and oxygen atoms in total. The summed E-state index contributed by atoms with van der Waals surface area (Å²) in [7, 11) is 0. The van der Waals surface area contributed by atoms with Gasteiger partial charge in [-0.15, -0.1) is 11.3 Å². The Morgan fingerprint density at radius 3 is 2.95 bits per heavy atom. The van der Waals surface area contributed by atoms with Crippen LogP contribution in [0.25, 0.3) is 0 Å². The van der Waals surface area contributed by atoms with Crippen LogP contribution in [0.15, 0.2) is 35.7 Å². The highest BCUT2D eigenvalue weighted by atomic mass is 32.1. The Bertz CT molecular complexity index is 668. The summed E-state index contributed by atoms with van der Waals surface area (Å²) in [5.41, 5.74) is 1.91. The molecule has 1 unspecified atom stereocenters. The number of hydrogen-bond acceptors (Lipinski definition) is 4. The molecule has 2 heterocycles. The van der Waals surface area contributed by atoms with E-state index in [2.05, 4.69) is 10.6 Å². The minimum atomic E-state index is -1.07. The highest BCUT2D eigenvalue weighted by molar-refractivity contribution is 7.10. The maximum Gasteiger partial charge on any atom is 0.319 e. The fourth-order valence-electron chi connectivity index (χ4n) is 2.35. The summed E-state index contributed by atoms with van der Waals surface area (Å²) in [4.78, 5) is 12.8. The van der Waals surface area contributed by atoms with E-state index in [-0.39, 0.29) is 12.6 Å². The molecule has 0 aliphatic carbocycles. The van der Waals surface area contributed by atoms with Crippen molar-refractivity contribution >= 4 is 23.1 Å². The van der Waals surface area contributed by atoms with Crippen LogP contribution < -0.4 is 10.6 Å². The van der Waals surface area contributed by atoms with E-state index in [9.17, 15) is 9.90 Å². The van der Waals surface area contributed by atoms with E-state index in [4.69, 9.17) is 4.74 Å². The van der Waals surface area contributed by atoms with Gasteiger partial charge in [0.25, 0.3) is 0 Å². The molecule has 2 amide bonds. The molecule has 0 radical (unpaired) electrons. The molecule has 0 bridgehead atoms. The van der Waals surface area contributed by atoms with Crippen molar-refractivity contribution in [2.45, 2.75) is 25.7 Å². The standard InChI is InChI=1S/C16H18N2O3S/c1-16(20,14-3-2-6-22-14)10-17-15(19)18-13-5-4-11-8-21-9-12(11)7-13/h2-7,20H,8-10H2,1H3,(H2,17,18,19). The predicted octanol–water partition coefficient (Wildman–Crippen LogP) is 2.81. The van der Waals surface area contributed by atoms with Gasteiger partial charge < -0.3 is 20.5 Å². The lowest BCUT2D eigenvalue weighted by atomic mass is 10.1. The molecule has 22 heavy (non-hydrogen) atoms. The van der Waals surface area contributed by atoms with Crippen molar-refractivity contribution in [3.63, 3.8) is 0 Å². The Balaban J connectivity index is 1.57. The SMILES string of the molecule is CC(O)(CNC(=O)Nc1ccc2c(c1)COC2)c1cccs1. The molecule has 0 saturated heterocycles. The molecule has 2 aromatic rings. The monoisotopic (exact) mass is 318 g/mol. The van der Waals surface area contributed by atoms with Crippen molar-refractivity contribution in [1.82, 2.24) is 5.32 Å². The molecule has 1 aromatic heterocycles. The zero-order chi connectivity index (χ0) is 15.6. The van der Waals surface area contributed by atoms with Gasteiger partial charge in [-0.3, -0.25) is 0 Å². The first-order chi connectivity index (χ1) is 10.5. The van der Waals surface area contributed by atoms with Crippen LogP contribution in [0.4, 0.5) is 10.5 Å². The number of benzene rings is 1. The fourth-order valence-corrected chi connectivity index (χ4v) is 3.14. The molecule has 3 N–H and O–H groups in total. The lowest BCUT2D eigenvalue weighted by Crippen LogP contribution is -2.40. The average Bonchev–Trinajstić information content (AvgIpc) is 3.16. The Hall–Kier alpha value is -1.89. The van der Waals surface area contributed by atoms with Crippen LogP contribution in [-0.4, -0.2) is 17.7 Å². The quantitative estimate of drug-likeness (QED) is 0.812. The molecule has 1 aliphatic heterocycles. The van der Waals surface area contributed by atoms with Gasteiger partial charge in [0.2, 0.25) is 0 Å². The van der Waals surface area contributed by atoms with Crippen molar-refractivity contribution in [2.75, 3.05) is 11.9 Å². The van der Waals surface area contributed by atoms with Gasteiger partial charge in [-0.2, -0.15) is 0 Å². The lowest BCUT2D eigenvalue weighted by molar-refractivity contribution is 0.0637. The van der Waals surface area contributed by atoms with E-state index in [1.807, 2.05) is 35.7 Å². The summed E-state index contributed by atoms with van der Waals surface area (Å²) in [6, 6.07) is 9.12. The first-order valence-electron chi connectivity index (χ1n) is 7.05. The molecule has 0 fully saturated rings. The van der Waals surface area contributed by atoms with Gasteiger partial charge in [-0.1, -0.05) is 12.1 Å². The van der Waals surface area contributed by atoms with E-state index < -0.39 is 5.60 Å². The van der Waals surface area contributed by atoms with Crippen molar-refractivity contribution in [3.05, 3.63) is 51.7 Å². The summed E-state index contributed by atoms with van der Waals surface area (Å²) in [5, 5.41) is 17.7. The van der Waals surface area contributed by atoms with E-state index in [1.54, 1.807) is 6.92 Å². The lowest BCUT2D eigenvalue weighted by Gasteiger charge is -2.22. The van der Waals surface area contributed by atoms with E-state index in [1.165, 1.54) is 11.3 Å². The number of anilines is 1. The summed E-state index contributed by atoms with van der Waals surface area (Å²) >= 11 is 1.46. The number of carbonyl (C=O) groups is 1. The minimum Gasteiger partial charge on any atom is -0.383 e. The molecular weight excluding hydrogens is 300 g/mol. The highest BCUT2D eigenvalue weighted by Gasteiger charge is 2.24. The van der Waals surface area contributed by atoms with Crippen molar-refractivity contribution < 1.29 is 14.6 Å². The summed E-state index contributed by atoms with van der Waals surface area (Å²) in [6.07, 6.45) is 0. The second kappa shape index (κ2) is 6.08. The number of aliphatic hydroxyl groups is 1. The van der Waals surface area contributed by atoms with Gasteiger partial charge in [0, 0.05) is 10.6 Å². The van der Waals surface area contributed by atoms with Crippen LogP contribution in [0.2, 0.25) is 0 Å². The van der Waals surface area contributed by atoms with Gasteiger partial charge >= 0.3 is 6.03 Å². The smallest absolute Gasteiger partial charge is 0.319 e. The second-order valence-corrected chi connectivity index (χ2v) is 6.48. The average molecular weight is 318 g/mol. The topological polar surface area (TPSA) is 70.6 Å². The zero-order valence-electron chi connectivity index (χ0n) is 12.3.